The fourth-order valence-corrected chi connectivity index (χ4v) is 6.05. The first-order valence-corrected chi connectivity index (χ1v) is 13.1. The molecule has 31 heavy (non-hydrogen) atoms. The normalized spacial score (nSPS) is 15.4. The second-order valence-corrected chi connectivity index (χ2v) is 10.5. The van der Waals surface area contributed by atoms with Crippen LogP contribution in [0.4, 0.5) is 5.69 Å². The summed E-state index contributed by atoms with van der Waals surface area (Å²) in [5, 5.41) is 11.3. The van der Waals surface area contributed by atoms with Crippen LogP contribution in [0.15, 0.2) is 32.7 Å². The van der Waals surface area contributed by atoms with E-state index in [1.54, 1.807) is 32.9 Å². The average molecular weight is 467 g/mol. The second-order valence-electron chi connectivity index (χ2n) is 7.65. The van der Waals surface area contributed by atoms with Crippen LogP contribution in [0, 0.1) is 6.92 Å². The van der Waals surface area contributed by atoms with Crippen molar-refractivity contribution in [1.82, 2.24) is 14.5 Å². The van der Waals surface area contributed by atoms with Gasteiger partial charge >= 0.3 is 0 Å². The molecular weight excluding hydrogens is 436 g/mol. The van der Waals surface area contributed by atoms with Crippen LogP contribution in [0.5, 0.6) is 0 Å². The van der Waals surface area contributed by atoms with E-state index in [4.69, 9.17) is 4.42 Å². The van der Waals surface area contributed by atoms with Gasteiger partial charge in [0.2, 0.25) is 21.8 Å². The Kier molecular flexibility index (Phi) is 8.12. The van der Waals surface area contributed by atoms with Crippen LogP contribution in [-0.4, -0.2) is 47.7 Å². The van der Waals surface area contributed by atoms with Crippen molar-refractivity contribution in [3.05, 3.63) is 29.7 Å². The number of hydrogen-bond acceptors (Lipinski definition) is 7. The maximum Gasteiger partial charge on any atom is 0.277 e. The highest BCUT2D eigenvalue weighted by Crippen LogP contribution is 2.33. The van der Waals surface area contributed by atoms with Gasteiger partial charge < -0.3 is 9.73 Å². The molecule has 1 saturated carbocycles. The highest BCUT2D eigenvalue weighted by atomic mass is 32.2. The lowest BCUT2D eigenvalue weighted by Gasteiger charge is -2.20. The molecule has 0 bridgehead atoms. The number of amides is 1. The molecule has 0 radical (unpaired) electrons. The number of anilines is 1. The fraction of sp³-hybridized carbons (Fsp3) is 0.571. The van der Waals surface area contributed by atoms with Gasteiger partial charge in [0.05, 0.1) is 10.6 Å². The SMILES string of the molecule is CCN(CC)S(=O)(=O)c1cc(NC(=O)CSc2nnc(C3CCCCC3)o2)ccc1C. The van der Waals surface area contributed by atoms with E-state index >= 15 is 0 Å². The molecule has 0 unspecified atom stereocenters. The van der Waals surface area contributed by atoms with Gasteiger partial charge in [-0.2, -0.15) is 4.31 Å². The predicted molar refractivity (Wildman–Crippen MR) is 121 cm³/mol. The fourth-order valence-electron chi connectivity index (χ4n) is 3.78. The number of aromatic nitrogens is 2. The van der Waals surface area contributed by atoms with Crippen molar-refractivity contribution >= 4 is 33.4 Å². The number of nitrogens with one attached hydrogen (secondary N) is 1. The van der Waals surface area contributed by atoms with Crippen LogP contribution in [-0.2, 0) is 14.8 Å². The maximum atomic E-state index is 12.9. The molecule has 0 spiro atoms. The van der Waals surface area contributed by atoms with Crippen molar-refractivity contribution in [3.63, 3.8) is 0 Å². The van der Waals surface area contributed by atoms with E-state index in [0.29, 0.717) is 41.4 Å². The zero-order chi connectivity index (χ0) is 22.4. The minimum absolute atomic E-state index is 0.0955. The molecule has 1 heterocycles. The monoisotopic (exact) mass is 466 g/mol. The molecule has 8 nitrogen and oxygen atoms in total. The van der Waals surface area contributed by atoms with Crippen LogP contribution >= 0.6 is 11.8 Å². The molecule has 0 saturated heterocycles. The van der Waals surface area contributed by atoms with Crippen molar-refractivity contribution in [1.29, 1.82) is 0 Å². The van der Waals surface area contributed by atoms with E-state index in [9.17, 15) is 13.2 Å². The van der Waals surface area contributed by atoms with Crippen LogP contribution < -0.4 is 5.32 Å². The number of carbonyl (C=O) groups is 1. The zero-order valence-electron chi connectivity index (χ0n) is 18.3. The third kappa shape index (κ3) is 5.87. The van der Waals surface area contributed by atoms with E-state index < -0.39 is 10.0 Å². The van der Waals surface area contributed by atoms with Crippen molar-refractivity contribution in [2.24, 2.45) is 0 Å². The van der Waals surface area contributed by atoms with Crippen molar-refractivity contribution in [2.75, 3.05) is 24.2 Å². The summed E-state index contributed by atoms with van der Waals surface area (Å²) in [7, 11) is -3.61. The highest BCUT2D eigenvalue weighted by molar-refractivity contribution is 7.99. The van der Waals surface area contributed by atoms with Gasteiger partial charge in [-0.3, -0.25) is 4.79 Å². The van der Waals surface area contributed by atoms with Gasteiger partial charge in [0.25, 0.3) is 5.22 Å². The van der Waals surface area contributed by atoms with E-state index in [-0.39, 0.29) is 16.6 Å². The lowest BCUT2D eigenvalue weighted by molar-refractivity contribution is -0.113. The van der Waals surface area contributed by atoms with Gasteiger partial charge in [-0.15, -0.1) is 10.2 Å². The molecule has 1 aromatic carbocycles. The van der Waals surface area contributed by atoms with Crippen LogP contribution in [0.1, 0.15) is 63.3 Å². The van der Waals surface area contributed by atoms with Gasteiger partial charge in [0, 0.05) is 24.7 Å². The zero-order valence-corrected chi connectivity index (χ0v) is 19.9. The summed E-state index contributed by atoms with van der Waals surface area (Å²) in [5.41, 5.74) is 1.08. The molecule has 0 aliphatic heterocycles. The quantitative estimate of drug-likeness (QED) is 0.552. The molecule has 170 valence electrons. The number of hydrogen-bond donors (Lipinski definition) is 1. The summed E-state index contributed by atoms with van der Waals surface area (Å²) in [6, 6.07) is 4.92. The van der Waals surface area contributed by atoms with Crippen molar-refractivity contribution < 1.29 is 17.6 Å². The average Bonchev–Trinajstić information content (AvgIpc) is 3.24. The van der Waals surface area contributed by atoms with E-state index in [0.717, 1.165) is 12.8 Å². The lowest BCUT2D eigenvalue weighted by atomic mass is 9.89. The summed E-state index contributed by atoms with van der Waals surface area (Å²) in [6.45, 7) is 6.13. The molecule has 1 aliphatic carbocycles. The second kappa shape index (κ2) is 10.6. The first kappa shape index (κ1) is 23.7. The summed E-state index contributed by atoms with van der Waals surface area (Å²) in [5.74, 6) is 0.811. The third-order valence-corrected chi connectivity index (χ3v) is 8.51. The summed E-state index contributed by atoms with van der Waals surface area (Å²) in [6.07, 6.45) is 5.75. The molecule has 1 aromatic heterocycles. The third-order valence-electron chi connectivity index (χ3n) is 5.50. The Morgan fingerprint density at radius 3 is 2.58 bits per heavy atom. The highest BCUT2D eigenvalue weighted by Gasteiger charge is 2.24. The summed E-state index contributed by atoms with van der Waals surface area (Å²) >= 11 is 1.18. The van der Waals surface area contributed by atoms with Crippen LogP contribution in [0.3, 0.4) is 0 Å². The van der Waals surface area contributed by atoms with E-state index in [1.807, 2.05) is 0 Å². The Labute approximate surface area is 188 Å². The minimum Gasteiger partial charge on any atom is -0.416 e. The maximum absolute atomic E-state index is 12.9. The topological polar surface area (TPSA) is 105 Å². The summed E-state index contributed by atoms with van der Waals surface area (Å²) in [4.78, 5) is 12.6. The van der Waals surface area contributed by atoms with E-state index in [2.05, 4.69) is 15.5 Å². The number of carbonyl (C=O) groups excluding carboxylic acids is 1. The Morgan fingerprint density at radius 1 is 1.19 bits per heavy atom. The van der Waals surface area contributed by atoms with Gasteiger partial charge in [-0.25, -0.2) is 8.42 Å². The number of sulfonamides is 1. The Balaban J connectivity index is 1.61. The van der Waals surface area contributed by atoms with Gasteiger partial charge in [0.1, 0.15) is 0 Å². The number of rotatable bonds is 9. The molecule has 10 heteroatoms. The molecule has 2 aromatic rings. The Hall–Kier alpha value is -1.91. The molecular formula is C21H30N4O4S2. The number of nitrogens with zero attached hydrogens (tertiary/aromatic N) is 3. The lowest BCUT2D eigenvalue weighted by Crippen LogP contribution is -2.31. The Morgan fingerprint density at radius 2 is 1.90 bits per heavy atom. The first-order chi connectivity index (χ1) is 14.8. The van der Waals surface area contributed by atoms with Crippen molar-refractivity contribution in [3.8, 4) is 0 Å². The minimum atomic E-state index is -3.61. The van der Waals surface area contributed by atoms with Gasteiger partial charge in [0.15, 0.2) is 0 Å². The number of thioether (sulfide) groups is 1. The standard InChI is InChI=1S/C21H30N4O4S2/c1-4-25(5-2)31(27,28)18-13-17(12-11-15(18)3)22-19(26)14-30-21-24-23-20(29-21)16-9-7-6-8-10-16/h11-13,16H,4-10,14H2,1-3H3,(H,22,26). The van der Waals surface area contributed by atoms with Crippen LogP contribution in [0.2, 0.25) is 0 Å². The molecule has 3 rings (SSSR count). The van der Waals surface area contributed by atoms with Crippen LogP contribution in [0.25, 0.3) is 0 Å². The number of benzene rings is 1. The Bertz CT molecular complexity index is 997. The largest absolute Gasteiger partial charge is 0.416 e. The molecule has 1 N–H and O–H groups in total. The van der Waals surface area contributed by atoms with E-state index in [1.165, 1.54) is 41.4 Å². The summed E-state index contributed by atoms with van der Waals surface area (Å²) < 4.78 is 32.9. The van der Waals surface area contributed by atoms with Crippen molar-refractivity contribution in [2.45, 2.75) is 68.9 Å². The smallest absolute Gasteiger partial charge is 0.277 e. The first-order valence-electron chi connectivity index (χ1n) is 10.7. The predicted octanol–water partition coefficient (Wildman–Crippen LogP) is 4.19. The molecule has 1 amide bonds. The molecule has 1 fully saturated rings. The van der Waals surface area contributed by atoms with Gasteiger partial charge in [-0.1, -0.05) is 50.9 Å². The number of aryl methyl sites for hydroxylation is 1. The molecule has 0 atom stereocenters. The molecule has 1 aliphatic rings. The van der Waals surface area contributed by atoms with Gasteiger partial charge in [-0.05, 0) is 37.5 Å².